The Morgan fingerprint density at radius 1 is 1.37 bits per heavy atom. The first-order chi connectivity index (χ1) is 8.91. The average molecular weight is 284 g/mol. The van der Waals surface area contributed by atoms with Gasteiger partial charge < -0.3 is 10.5 Å². The van der Waals surface area contributed by atoms with Gasteiger partial charge in [0.1, 0.15) is 6.10 Å². The van der Waals surface area contributed by atoms with E-state index < -0.39 is 22.0 Å². The standard InChI is InChI=1S/C12H16N2O4S/c1-9-2-4-10(5-3-9)19(16,17)14-6-7-18-11(8-14)12(13)15/h2-5,11H,6-8H2,1H3,(H2,13,15). The number of aryl methyl sites for hydroxylation is 1. The molecule has 1 amide bonds. The van der Waals surface area contributed by atoms with E-state index in [1.165, 1.54) is 4.31 Å². The Bertz CT molecular complexity index is 568. The van der Waals surface area contributed by atoms with Gasteiger partial charge in [0.25, 0.3) is 0 Å². The Morgan fingerprint density at radius 2 is 2.00 bits per heavy atom. The number of nitrogens with two attached hydrogens (primary N) is 1. The molecule has 1 atom stereocenters. The van der Waals surface area contributed by atoms with Crippen molar-refractivity contribution in [3.05, 3.63) is 29.8 Å². The van der Waals surface area contributed by atoms with Crippen LogP contribution in [0, 0.1) is 6.92 Å². The van der Waals surface area contributed by atoms with E-state index in [1.54, 1.807) is 24.3 Å². The van der Waals surface area contributed by atoms with E-state index in [4.69, 9.17) is 10.5 Å². The predicted octanol–water partition coefficient (Wildman–Crippen LogP) is -0.130. The number of rotatable bonds is 3. The molecule has 0 bridgehead atoms. The molecule has 7 heteroatoms. The number of nitrogens with zero attached hydrogens (tertiary/aromatic N) is 1. The average Bonchev–Trinajstić information content (AvgIpc) is 2.39. The molecule has 1 heterocycles. The van der Waals surface area contributed by atoms with E-state index in [0.717, 1.165) is 5.56 Å². The van der Waals surface area contributed by atoms with Crippen LogP contribution in [0.5, 0.6) is 0 Å². The summed E-state index contributed by atoms with van der Waals surface area (Å²) in [5.74, 6) is -0.649. The van der Waals surface area contributed by atoms with Crippen LogP contribution in [0.15, 0.2) is 29.2 Å². The summed E-state index contributed by atoms with van der Waals surface area (Å²) in [5, 5.41) is 0. The number of hydrogen-bond donors (Lipinski definition) is 1. The topological polar surface area (TPSA) is 89.7 Å². The fraction of sp³-hybridized carbons (Fsp3) is 0.417. The molecule has 0 radical (unpaired) electrons. The number of amides is 1. The number of carbonyl (C=O) groups is 1. The molecule has 104 valence electrons. The first-order valence-electron chi connectivity index (χ1n) is 5.89. The molecule has 1 saturated heterocycles. The molecule has 1 fully saturated rings. The van der Waals surface area contributed by atoms with Crippen molar-refractivity contribution >= 4 is 15.9 Å². The van der Waals surface area contributed by atoms with Crippen molar-refractivity contribution in [1.29, 1.82) is 0 Å². The van der Waals surface area contributed by atoms with Gasteiger partial charge in [0.2, 0.25) is 15.9 Å². The molecule has 2 N–H and O–H groups in total. The van der Waals surface area contributed by atoms with E-state index in [2.05, 4.69) is 0 Å². The molecule has 0 aromatic heterocycles. The Labute approximate surface area is 112 Å². The quantitative estimate of drug-likeness (QED) is 0.837. The summed E-state index contributed by atoms with van der Waals surface area (Å²) in [4.78, 5) is 11.3. The third-order valence-electron chi connectivity index (χ3n) is 3.01. The van der Waals surface area contributed by atoms with E-state index in [1.807, 2.05) is 6.92 Å². The Morgan fingerprint density at radius 3 is 2.58 bits per heavy atom. The lowest BCUT2D eigenvalue weighted by Gasteiger charge is -2.30. The molecule has 1 aliphatic heterocycles. The number of morpholine rings is 1. The van der Waals surface area contributed by atoms with E-state index in [9.17, 15) is 13.2 Å². The van der Waals surface area contributed by atoms with Crippen LogP contribution in [0.1, 0.15) is 5.56 Å². The van der Waals surface area contributed by atoms with Crippen LogP contribution < -0.4 is 5.73 Å². The molecule has 19 heavy (non-hydrogen) atoms. The maximum atomic E-state index is 12.4. The SMILES string of the molecule is Cc1ccc(S(=O)(=O)N2CCOC(C(N)=O)C2)cc1. The zero-order valence-electron chi connectivity index (χ0n) is 10.6. The third-order valence-corrected chi connectivity index (χ3v) is 4.88. The van der Waals surface area contributed by atoms with Gasteiger partial charge in [-0.05, 0) is 19.1 Å². The second-order valence-electron chi connectivity index (χ2n) is 4.44. The minimum atomic E-state index is -3.60. The van der Waals surface area contributed by atoms with Gasteiger partial charge >= 0.3 is 0 Å². The summed E-state index contributed by atoms with van der Waals surface area (Å²) in [5.41, 5.74) is 6.13. The fourth-order valence-electron chi connectivity index (χ4n) is 1.88. The summed E-state index contributed by atoms with van der Waals surface area (Å²) in [6.07, 6.45) is -0.881. The Kier molecular flexibility index (Phi) is 3.88. The first kappa shape index (κ1) is 14.0. The van der Waals surface area contributed by atoms with Crippen LogP contribution in [0.3, 0.4) is 0 Å². The molecule has 0 saturated carbocycles. The highest BCUT2D eigenvalue weighted by molar-refractivity contribution is 7.89. The smallest absolute Gasteiger partial charge is 0.247 e. The second-order valence-corrected chi connectivity index (χ2v) is 6.38. The summed E-state index contributed by atoms with van der Waals surface area (Å²) < 4.78 is 31.1. The number of carbonyl (C=O) groups excluding carboxylic acids is 1. The maximum Gasteiger partial charge on any atom is 0.247 e. The van der Waals surface area contributed by atoms with Gasteiger partial charge in [0.15, 0.2) is 0 Å². The molecule has 6 nitrogen and oxygen atoms in total. The van der Waals surface area contributed by atoms with Gasteiger partial charge in [-0.2, -0.15) is 4.31 Å². The minimum absolute atomic E-state index is 0.0362. The molecule has 2 rings (SSSR count). The van der Waals surface area contributed by atoms with Crippen LogP contribution >= 0.6 is 0 Å². The van der Waals surface area contributed by atoms with Gasteiger partial charge in [0, 0.05) is 13.1 Å². The van der Waals surface area contributed by atoms with Crippen LogP contribution in [0.25, 0.3) is 0 Å². The summed E-state index contributed by atoms with van der Waals surface area (Å²) in [6, 6.07) is 6.58. The summed E-state index contributed by atoms with van der Waals surface area (Å²) in [6.45, 7) is 2.23. The van der Waals surface area contributed by atoms with Crippen LogP contribution in [-0.2, 0) is 19.6 Å². The third kappa shape index (κ3) is 2.94. The normalized spacial score (nSPS) is 21.2. The fourth-order valence-corrected chi connectivity index (χ4v) is 3.30. The van der Waals surface area contributed by atoms with Gasteiger partial charge in [-0.15, -0.1) is 0 Å². The zero-order valence-corrected chi connectivity index (χ0v) is 11.4. The van der Waals surface area contributed by atoms with Crippen LogP contribution in [0.2, 0.25) is 0 Å². The van der Waals surface area contributed by atoms with Crippen molar-refractivity contribution in [2.75, 3.05) is 19.7 Å². The number of benzene rings is 1. The lowest BCUT2D eigenvalue weighted by atomic mass is 10.2. The summed E-state index contributed by atoms with van der Waals surface area (Å²) >= 11 is 0. The van der Waals surface area contributed by atoms with Crippen molar-refractivity contribution in [2.24, 2.45) is 5.73 Å². The van der Waals surface area contributed by atoms with Crippen LogP contribution in [-0.4, -0.2) is 44.4 Å². The molecule has 0 spiro atoms. The van der Waals surface area contributed by atoms with Crippen molar-refractivity contribution in [2.45, 2.75) is 17.9 Å². The predicted molar refractivity (Wildman–Crippen MR) is 68.9 cm³/mol. The molecule has 1 aromatic rings. The molecular formula is C12H16N2O4S. The van der Waals surface area contributed by atoms with E-state index >= 15 is 0 Å². The van der Waals surface area contributed by atoms with E-state index in [-0.39, 0.29) is 24.6 Å². The van der Waals surface area contributed by atoms with Crippen molar-refractivity contribution < 1.29 is 17.9 Å². The lowest BCUT2D eigenvalue weighted by Crippen LogP contribution is -2.50. The van der Waals surface area contributed by atoms with Gasteiger partial charge in [-0.3, -0.25) is 4.79 Å². The molecule has 1 aliphatic rings. The van der Waals surface area contributed by atoms with Crippen molar-refractivity contribution in [3.8, 4) is 0 Å². The second kappa shape index (κ2) is 5.28. The van der Waals surface area contributed by atoms with Crippen molar-refractivity contribution in [3.63, 3.8) is 0 Å². The maximum absolute atomic E-state index is 12.4. The van der Waals surface area contributed by atoms with Gasteiger partial charge in [0.05, 0.1) is 11.5 Å². The monoisotopic (exact) mass is 284 g/mol. The number of ether oxygens (including phenoxy) is 1. The molecule has 1 unspecified atom stereocenters. The molecule has 1 aromatic carbocycles. The Balaban J connectivity index is 2.24. The highest BCUT2D eigenvalue weighted by atomic mass is 32.2. The lowest BCUT2D eigenvalue weighted by molar-refractivity contribution is -0.132. The highest BCUT2D eigenvalue weighted by Gasteiger charge is 2.32. The summed E-state index contributed by atoms with van der Waals surface area (Å²) in [7, 11) is -3.60. The number of primary amides is 1. The van der Waals surface area contributed by atoms with E-state index in [0.29, 0.717) is 0 Å². The zero-order chi connectivity index (χ0) is 14.0. The van der Waals surface area contributed by atoms with Crippen molar-refractivity contribution in [1.82, 2.24) is 4.31 Å². The minimum Gasteiger partial charge on any atom is -0.367 e. The number of hydrogen-bond acceptors (Lipinski definition) is 4. The Hall–Kier alpha value is -1.44. The first-order valence-corrected chi connectivity index (χ1v) is 7.33. The highest BCUT2D eigenvalue weighted by Crippen LogP contribution is 2.19. The van der Waals surface area contributed by atoms with Crippen LogP contribution in [0.4, 0.5) is 0 Å². The van der Waals surface area contributed by atoms with Gasteiger partial charge in [-0.1, -0.05) is 17.7 Å². The largest absolute Gasteiger partial charge is 0.367 e. The molecular weight excluding hydrogens is 268 g/mol. The molecule has 0 aliphatic carbocycles. The van der Waals surface area contributed by atoms with Gasteiger partial charge in [-0.25, -0.2) is 8.42 Å². The number of sulfonamides is 1.